The van der Waals surface area contributed by atoms with Crippen LogP contribution in [0.1, 0.15) is 21.5 Å². The standard InChI is InChI=1S/C12H15NO2/c1-8-4-3-5-9(2)11(8)12(15)13-6-10(14)7-13/h3-5,10,14H,6-7H2,1-2H3. The fourth-order valence-electron chi connectivity index (χ4n) is 1.93. The Balaban J connectivity index is 2.26. The number of carbonyl (C=O) groups is 1. The Morgan fingerprint density at radius 1 is 1.33 bits per heavy atom. The van der Waals surface area contributed by atoms with Crippen molar-refractivity contribution in [3.8, 4) is 0 Å². The molecular weight excluding hydrogens is 190 g/mol. The molecule has 1 aliphatic heterocycles. The zero-order valence-electron chi connectivity index (χ0n) is 9.03. The Morgan fingerprint density at radius 3 is 2.33 bits per heavy atom. The van der Waals surface area contributed by atoms with Crippen molar-refractivity contribution >= 4 is 5.91 Å². The summed E-state index contributed by atoms with van der Waals surface area (Å²) in [5, 5.41) is 9.16. The van der Waals surface area contributed by atoms with Crippen LogP contribution in [0.2, 0.25) is 0 Å². The van der Waals surface area contributed by atoms with Crippen molar-refractivity contribution in [2.24, 2.45) is 0 Å². The van der Waals surface area contributed by atoms with Crippen LogP contribution in [0.15, 0.2) is 18.2 Å². The first-order valence-electron chi connectivity index (χ1n) is 5.13. The van der Waals surface area contributed by atoms with E-state index in [1.807, 2.05) is 32.0 Å². The molecule has 3 heteroatoms. The van der Waals surface area contributed by atoms with Gasteiger partial charge in [0.25, 0.3) is 5.91 Å². The van der Waals surface area contributed by atoms with E-state index in [0.717, 1.165) is 16.7 Å². The van der Waals surface area contributed by atoms with E-state index in [4.69, 9.17) is 5.11 Å². The van der Waals surface area contributed by atoms with E-state index in [2.05, 4.69) is 0 Å². The largest absolute Gasteiger partial charge is 0.389 e. The number of hydrogen-bond acceptors (Lipinski definition) is 2. The summed E-state index contributed by atoms with van der Waals surface area (Å²) in [4.78, 5) is 13.7. The van der Waals surface area contributed by atoms with Crippen molar-refractivity contribution in [1.82, 2.24) is 4.90 Å². The summed E-state index contributed by atoms with van der Waals surface area (Å²) in [6.07, 6.45) is -0.335. The van der Waals surface area contributed by atoms with Gasteiger partial charge in [-0.1, -0.05) is 18.2 Å². The first-order chi connectivity index (χ1) is 7.09. The van der Waals surface area contributed by atoms with Crippen molar-refractivity contribution in [2.45, 2.75) is 20.0 Å². The second kappa shape index (κ2) is 3.66. The number of aliphatic hydroxyl groups is 1. The molecule has 1 aliphatic rings. The average molecular weight is 205 g/mol. The van der Waals surface area contributed by atoms with Gasteiger partial charge in [-0.3, -0.25) is 4.79 Å². The molecule has 0 unspecified atom stereocenters. The topological polar surface area (TPSA) is 40.5 Å². The number of aryl methyl sites for hydroxylation is 2. The highest BCUT2D eigenvalue weighted by atomic mass is 16.3. The Kier molecular flexibility index (Phi) is 2.49. The Hall–Kier alpha value is -1.35. The third-order valence-corrected chi connectivity index (χ3v) is 2.84. The molecule has 1 amide bonds. The smallest absolute Gasteiger partial charge is 0.254 e. The SMILES string of the molecule is Cc1cccc(C)c1C(=O)N1CC(O)C1. The number of carbonyl (C=O) groups excluding carboxylic acids is 1. The first kappa shape index (κ1) is 10.2. The van der Waals surface area contributed by atoms with Gasteiger partial charge in [0.05, 0.1) is 6.10 Å². The van der Waals surface area contributed by atoms with Crippen LogP contribution < -0.4 is 0 Å². The molecule has 0 bridgehead atoms. The average Bonchev–Trinajstić information content (AvgIpc) is 2.12. The molecule has 80 valence electrons. The highest BCUT2D eigenvalue weighted by Gasteiger charge is 2.30. The molecule has 0 saturated carbocycles. The Labute approximate surface area is 89.3 Å². The van der Waals surface area contributed by atoms with E-state index in [1.165, 1.54) is 0 Å². The molecule has 1 aromatic rings. The zero-order valence-corrected chi connectivity index (χ0v) is 9.03. The molecular formula is C12H15NO2. The van der Waals surface area contributed by atoms with Gasteiger partial charge in [0.1, 0.15) is 0 Å². The number of β-amino-alcohol motifs (C(OH)–C–C–N with tert-alkyl or cyclic N) is 1. The maximum Gasteiger partial charge on any atom is 0.254 e. The van der Waals surface area contributed by atoms with Gasteiger partial charge in [0.15, 0.2) is 0 Å². The second-order valence-corrected chi connectivity index (χ2v) is 4.13. The molecule has 0 atom stereocenters. The van der Waals surface area contributed by atoms with Gasteiger partial charge >= 0.3 is 0 Å². The fraction of sp³-hybridized carbons (Fsp3) is 0.417. The lowest BCUT2D eigenvalue weighted by atomic mass is 10.00. The summed E-state index contributed by atoms with van der Waals surface area (Å²) in [7, 11) is 0. The second-order valence-electron chi connectivity index (χ2n) is 4.13. The monoisotopic (exact) mass is 205 g/mol. The van der Waals surface area contributed by atoms with Crippen molar-refractivity contribution in [3.05, 3.63) is 34.9 Å². The normalized spacial score (nSPS) is 16.3. The van der Waals surface area contributed by atoms with Crippen molar-refractivity contribution in [3.63, 3.8) is 0 Å². The number of rotatable bonds is 1. The van der Waals surface area contributed by atoms with E-state index in [1.54, 1.807) is 4.90 Å². The number of likely N-dealkylation sites (tertiary alicyclic amines) is 1. The highest BCUT2D eigenvalue weighted by molar-refractivity contribution is 5.97. The zero-order chi connectivity index (χ0) is 11.0. The van der Waals surface area contributed by atoms with Gasteiger partial charge in [-0.15, -0.1) is 0 Å². The highest BCUT2D eigenvalue weighted by Crippen LogP contribution is 2.19. The van der Waals surface area contributed by atoms with Gasteiger partial charge in [0, 0.05) is 18.7 Å². The summed E-state index contributed by atoms with van der Waals surface area (Å²) < 4.78 is 0. The minimum absolute atomic E-state index is 0.0379. The molecule has 2 rings (SSSR count). The molecule has 15 heavy (non-hydrogen) atoms. The Bertz CT molecular complexity index is 374. The first-order valence-corrected chi connectivity index (χ1v) is 5.13. The Morgan fingerprint density at radius 2 is 1.87 bits per heavy atom. The number of aliphatic hydroxyl groups excluding tert-OH is 1. The maximum absolute atomic E-state index is 12.0. The molecule has 0 aromatic heterocycles. The molecule has 1 aromatic carbocycles. The van der Waals surface area contributed by atoms with Crippen LogP contribution >= 0.6 is 0 Å². The summed E-state index contributed by atoms with van der Waals surface area (Å²) in [6.45, 7) is 4.81. The van der Waals surface area contributed by atoms with Gasteiger partial charge in [-0.2, -0.15) is 0 Å². The third kappa shape index (κ3) is 1.75. The summed E-state index contributed by atoms with van der Waals surface area (Å²) in [5.41, 5.74) is 2.78. The van der Waals surface area contributed by atoms with Gasteiger partial charge in [0.2, 0.25) is 0 Å². The van der Waals surface area contributed by atoms with Crippen LogP contribution in [0.4, 0.5) is 0 Å². The number of nitrogens with zero attached hydrogens (tertiary/aromatic N) is 1. The molecule has 1 saturated heterocycles. The summed E-state index contributed by atoms with van der Waals surface area (Å²) in [6, 6.07) is 5.83. The van der Waals surface area contributed by atoms with E-state index in [-0.39, 0.29) is 12.0 Å². The molecule has 0 radical (unpaired) electrons. The van der Waals surface area contributed by atoms with Crippen molar-refractivity contribution in [2.75, 3.05) is 13.1 Å². The molecule has 1 N–H and O–H groups in total. The van der Waals surface area contributed by atoms with Crippen LogP contribution in [0.5, 0.6) is 0 Å². The molecule has 1 fully saturated rings. The van der Waals surface area contributed by atoms with E-state index >= 15 is 0 Å². The van der Waals surface area contributed by atoms with E-state index in [9.17, 15) is 4.79 Å². The van der Waals surface area contributed by atoms with Gasteiger partial charge < -0.3 is 10.0 Å². The fourth-order valence-corrected chi connectivity index (χ4v) is 1.93. The molecule has 3 nitrogen and oxygen atoms in total. The van der Waals surface area contributed by atoms with E-state index in [0.29, 0.717) is 13.1 Å². The minimum atomic E-state index is -0.335. The van der Waals surface area contributed by atoms with Crippen molar-refractivity contribution < 1.29 is 9.90 Å². The number of hydrogen-bond donors (Lipinski definition) is 1. The molecule has 0 aliphatic carbocycles. The van der Waals surface area contributed by atoms with Crippen LogP contribution in [-0.4, -0.2) is 35.1 Å². The quantitative estimate of drug-likeness (QED) is 0.746. The van der Waals surface area contributed by atoms with Crippen molar-refractivity contribution in [1.29, 1.82) is 0 Å². The van der Waals surface area contributed by atoms with Crippen LogP contribution in [0.3, 0.4) is 0 Å². The third-order valence-electron chi connectivity index (χ3n) is 2.84. The predicted octanol–water partition coefficient (Wildman–Crippen LogP) is 1.12. The van der Waals surface area contributed by atoms with Crippen LogP contribution in [-0.2, 0) is 0 Å². The minimum Gasteiger partial charge on any atom is -0.389 e. The predicted molar refractivity (Wildman–Crippen MR) is 57.8 cm³/mol. The summed E-state index contributed by atoms with van der Waals surface area (Å²) >= 11 is 0. The van der Waals surface area contributed by atoms with Gasteiger partial charge in [-0.05, 0) is 25.0 Å². The van der Waals surface area contributed by atoms with Crippen LogP contribution in [0, 0.1) is 13.8 Å². The van der Waals surface area contributed by atoms with E-state index < -0.39 is 0 Å². The summed E-state index contributed by atoms with van der Waals surface area (Å²) in [5.74, 6) is 0.0379. The van der Waals surface area contributed by atoms with Crippen LogP contribution in [0.25, 0.3) is 0 Å². The molecule has 0 spiro atoms. The lowest BCUT2D eigenvalue weighted by Crippen LogP contribution is -2.53. The lowest BCUT2D eigenvalue weighted by Gasteiger charge is -2.36. The lowest BCUT2D eigenvalue weighted by molar-refractivity contribution is 0.00579. The maximum atomic E-state index is 12.0. The van der Waals surface area contributed by atoms with Gasteiger partial charge in [-0.25, -0.2) is 0 Å². The molecule has 1 heterocycles. The number of amides is 1. The number of benzene rings is 1.